The minimum atomic E-state index is -4.15. The number of anilines is 1. The molecule has 0 fully saturated rings. The van der Waals surface area contributed by atoms with Gasteiger partial charge in [-0.2, -0.15) is 0 Å². The van der Waals surface area contributed by atoms with Crippen molar-refractivity contribution in [1.29, 1.82) is 0 Å². The minimum absolute atomic E-state index is 0.0210. The van der Waals surface area contributed by atoms with E-state index in [1.807, 2.05) is 0 Å². The Kier molecular flexibility index (Phi) is 6.23. The maximum absolute atomic E-state index is 12.6. The molecule has 0 saturated carbocycles. The van der Waals surface area contributed by atoms with Gasteiger partial charge in [-0.05, 0) is 50.2 Å². The molecule has 0 bridgehead atoms. The minimum Gasteiger partial charge on any atom is -0.573 e. The standard InChI is InChI=1S/C18H15Cl2N4O4S2/c1-11-9-12(2)22-18(21-11)24-29(25,26)15-6-4-14(5-7-15)23-30(27,28)17-10-13(19)3-8-16(17)20/h3-10H,1-2H3,(H,21,22,24)/q-1. The van der Waals surface area contributed by atoms with Crippen molar-refractivity contribution in [2.24, 2.45) is 0 Å². The maximum Gasteiger partial charge on any atom is 0.264 e. The maximum atomic E-state index is 12.6. The molecule has 0 amide bonds. The molecule has 8 nitrogen and oxygen atoms in total. The second-order valence-corrected chi connectivity index (χ2v) is 10.3. The van der Waals surface area contributed by atoms with Gasteiger partial charge in [0.2, 0.25) is 5.95 Å². The molecule has 1 heterocycles. The molecule has 0 aliphatic rings. The number of benzene rings is 2. The van der Waals surface area contributed by atoms with Crippen molar-refractivity contribution in [2.75, 3.05) is 4.72 Å². The monoisotopic (exact) mass is 485 g/mol. The summed E-state index contributed by atoms with van der Waals surface area (Å²) in [4.78, 5) is 7.72. The molecule has 0 atom stereocenters. The average Bonchev–Trinajstić information content (AvgIpc) is 2.62. The summed E-state index contributed by atoms with van der Waals surface area (Å²) in [5.41, 5.74) is 1.24. The smallest absolute Gasteiger partial charge is 0.264 e. The van der Waals surface area contributed by atoms with Crippen molar-refractivity contribution in [1.82, 2.24) is 9.97 Å². The highest BCUT2D eigenvalue weighted by atomic mass is 35.5. The quantitative estimate of drug-likeness (QED) is 0.544. The molecule has 12 heteroatoms. The van der Waals surface area contributed by atoms with Crippen LogP contribution < -0.4 is 4.72 Å². The first-order chi connectivity index (χ1) is 14.0. The van der Waals surface area contributed by atoms with Gasteiger partial charge >= 0.3 is 0 Å². The van der Waals surface area contributed by atoms with Gasteiger partial charge in [-0.1, -0.05) is 35.3 Å². The molecule has 3 rings (SSSR count). The Balaban J connectivity index is 1.82. The number of halogens is 2. The lowest BCUT2D eigenvalue weighted by Gasteiger charge is -2.23. The second kappa shape index (κ2) is 8.38. The Hall–Kier alpha value is -2.40. The van der Waals surface area contributed by atoms with Crippen LogP contribution in [0.1, 0.15) is 11.4 Å². The third kappa shape index (κ3) is 5.20. The third-order valence-electron chi connectivity index (χ3n) is 3.75. The van der Waals surface area contributed by atoms with Gasteiger partial charge in [-0.15, -0.1) is 5.69 Å². The van der Waals surface area contributed by atoms with E-state index in [2.05, 4.69) is 19.4 Å². The summed E-state index contributed by atoms with van der Waals surface area (Å²) in [5.74, 6) is -0.0561. The van der Waals surface area contributed by atoms with Crippen LogP contribution in [0.25, 0.3) is 4.72 Å². The van der Waals surface area contributed by atoms with Gasteiger partial charge in [0.15, 0.2) is 0 Å². The van der Waals surface area contributed by atoms with Crippen LogP contribution in [0.4, 0.5) is 11.6 Å². The van der Waals surface area contributed by atoms with E-state index in [0.717, 1.165) is 0 Å². The Labute approximate surface area is 184 Å². The number of rotatable bonds is 6. The van der Waals surface area contributed by atoms with E-state index >= 15 is 0 Å². The molecule has 0 aliphatic carbocycles. The molecule has 0 unspecified atom stereocenters. The summed E-state index contributed by atoms with van der Waals surface area (Å²) < 4.78 is 56.1. The zero-order valence-corrected chi connectivity index (χ0v) is 18.8. The fraction of sp³-hybridized carbons (Fsp3) is 0.111. The molecular weight excluding hydrogens is 471 g/mol. The number of aromatic nitrogens is 2. The summed E-state index contributed by atoms with van der Waals surface area (Å²) >= 11 is 11.8. The number of hydrogen-bond donors (Lipinski definition) is 1. The number of sulfonamides is 2. The highest BCUT2D eigenvalue weighted by molar-refractivity contribution is 7.94. The van der Waals surface area contributed by atoms with Crippen molar-refractivity contribution < 1.29 is 16.8 Å². The fourth-order valence-electron chi connectivity index (χ4n) is 2.50. The highest BCUT2D eigenvalue weighted by Crippen LogP contribution is 2.33. The van der Waals surface area contributed by atoms with Crippen molar-refractivity contribution in [3.05, 3.63) is 74.7 Å². The zero-order valence-electron chi connectivity index (χ0n) is 15.7. The normalized spacial score (nSPS) is 11.9. The van der Waals surface area contributed by atoms with Crippen LogP contribution in [0.5, 0.6) is 0 Å². The predicted molar refractivity (Wildman–Crippen MR) is 115 cm³/mol. The van der Waals surface area contributed by atoms with Crippen LogP contribution in [0.2, 0.25) is 10.0 Å². The van der Waals surface area contributed by atoms with E-state index in [1.165, 1.54) is 42.5 Å². The van der Waals surface area contributed by atoms with Gasteiger partial charge in [0.1, 0.15) is 10.0 Å². The molecule has 0 saturated heterocycles. The molecule has 30 heavy (non-hydrogen) atoms. The lowest BCUT2D eigenvalue weighted by molar-refractivity contribution is 0.600. The molecule has 158 valence electrons. The number of hydrogen-bond acceptors (Lipinski definition) is 6. The summed E-state index contributed by atoms with van der Waals surface area (Å²) in [6, 6.07) is 10.7. The molecule has 3 aromatic rings. The summed E-state index contributed by atoms with van der Waals surface area (Å²) in [6.07, 6.45) is 0. The van der Waals surface area contributed by atoms with Crippen LogP contribution in [0.3, 0.4) is 0 Å². The lowest BCUT2D eigenvalue weighted by atomic mass is 10.3. The van der Waals surface area contributed by atoms with Crippen molar-refractivity contribution in [3.8, 4) is 0 Å². The van der Waals surface area contributed by atoms with Crippen molar-refractivity contribution >= 4 is 54.9 Å². The molecular formula is C18H15Cl2N4O4S2-. The Morgan fingerprint density at radius 3 is 2.07 bits per heavy atom. The van der Waals surface area contributed by atoms with Gasteiger partial charge in [0.25, 0.3) is 10.0 Å². The molecule has 1 aromatic heterocycles. The summed E-state index contributed by atoms with van der Waals surface area (Å²) in [6.45, 7) is 3.44. The predicted octanol–water partition coefficient (Wildman–Crippen LogP) is 4.60. The first kappa shape index (κ1) is 22.3. The van der Waals surface area contributed by atoms with Gasteiger partial charge in [0, 0.05) is 16.4 Å². The molecule has 2 aromatic carbocycles. The second-order valence-electron chi connectivity index (χ2n) is 6.21. The van der Waals surface area contributed by atoms with Gasteiger partial charge < -0.3 is 4.72 Å². The lowest BCUT2D eigenvalue weighted by Crippen LogP contribution is -2.15. The fourth-order valence-corrected chi connectivity index (χ4v) is 5.18. The number of nitrogens with zero attached hydrogens (tertiary/aromatic N) is 3. The topological polar surface area (TPSA) is 120 Å². The SMILES string of the molecule is Cc1cc(C)nc(NS(=O)(=O)c2ccc([N-]S(=O)(=O)c3cc(Cl)ccc3Cl)cc2)n1. The van der Waals surface area contributed by atoms with E-state index in [4.69, 9.17) is 23.2 Å². The van der Waals surface area contributed by atoms with Crippen LogP contribution in [0.15, 0.2) is 58.3 Å². The summed E-state index contributed by atoms with van der Waals surface area (Å²) in [5, 5.41) is 0.161. The molecule has 1 N–H and O–H groups in total. The Morgan fingerprint density at radius 1 is 0.867 bits per heavy atom. The average molecular weight is 486 g/mol. The van der Waals surface area contributed by atoms with Gasteiger partial charge in [-0.3, -0.25) is 0 Å². The van der Waals surface area contributed by atoms with E-state index < -0.39 is 20.0 Å². The van der Waals surface area contributed by atoms with Gasteiger partial charge in [0.05, 0.1) is 14.8 Å². The third-order valence-corrected chi connectivity index (χ3v) is 7.12. The number of nitrogens with one attached hydrogen (secondary N) is 1. The van der Waals surface area contributed by atoms with Crippen molar-refractivity contribution in [3.63, 3.8) is 0 Å². The van der Waals surface area contributed by atoms with Crippen molar-refractivity contribution in [2.45, 2.75) is 23.6 Å². The molecule has 0 spiro atoms. The first-order valence-electron chi connectivity index (χ1n) is 8.34. The van der Waals surface area contributed by atoms with Crippen LogP contribution in [-0.4, -0.2) is 26.8 Å². The highest BCUT2D eigenvalue weighted by Gasteiger charge is 2.16. The molecule has 0 radical (unpaired) electrons. The molecule has 0 aliphatic heterocycles. The Morgan fingerprint density at radius 2 is 1.47 bits per heavy atom. The number of aryl methyl sites for hydroxylation is 2. The van der Waals surface area contributed by atoms with Crippen LogP contribution >= 0.6 is 23.2 Å². The Bertz CT molecular complexity index is 1290. The van der Waals surface area contributed by atoms with Crippen LogP contribution in [-0.2, 0) is 20.0 Å². The van der Waals surface area contributed by atoms with E-state index in [9.17, 15) is 16.8 Å². The van der Waals surface area contributed by atoms with Crippen LogP contribution in [0, 0.1) is 13.8 Å². The van der Waals surface area contributed by atoms with Gasteiger partial charge in [-0.25, -0.2) is 31.5 Å². The van der Waals surface area contributed by atoms with E-state index in [1.54, 1.807) is 19.9 Å². The van der Waals surface area contributed by atoms with E-state index in [-0.39, 0.29) is 31.5 Å². The zero-order chi connectivity index (χ0) is 22.1. The largest absolute Gasteiger partial charge is 0.573 e. The van der Waals surface area contributed by atoms with E-state index in [0.29, 0.717) is 11.4 Å². The summed E-state index contributed by atoms with van der Waals surface area (Å²) in [7, 11) is -8.13. The first-order valence-corrected chi connectivity index (χ1v) is 12.0.